The number of amides is 1. The summed E-state index contributed by atoms with van der Waals surface area (Å²) < 4.78 is 0. The molecule has 5 heteroatoms. The summed E-state index contributed by atoms with van der Waals surface area (Å²) in [5.74, 6) is -0.0595. The van der Waals surface area contributed by atoms with Crippen molar-refractivity contribution in [2.24, 2.45) is 0 Å². The highest BCUT2D eigenvalue weighted by Gasteiger charge is 2.21. The summed E-state index contributed by atoms with van der Waals surface area (Å²) in [6.45, 7) is 1.87. The number of hydrogen-bond donors (Lipinski definition) is 0. The Morgan fingerprint density at radius 3 is 2.38 bits per heavy atom. The van der Waals surface area contributed by atoms with Gasteiger partial charge in [0.05, 0.1) is 16.8 Å². The lowest BCUT2D eigenvalue weighted by Crippen LogP contribution is -3.00. The fraction of sp³-hybridized carbons (Fsp3) is 0.158. The summed E-state index contributed by atoms with van der Waals surface area (Å²) in [5, 5.41) is 1.52. The average Bonchev–Trinajstić information content (AvgIpc) is 2.54. The summed E-state index contributed by atoms with van der Waals surface area (Å²) in [4.78, 5) is 18.9. The predicted molar refractivity (Wildman–Crippen MR) is 94.9 cm³/mol. The first-order valence-corrected chi connectivity index (χ1v) is 7.74. The van der Waals surface area contributed by atoms with Crippen molar-refractivity contribution in [2.75, 3.05) is 14.1 Å². The number of halogens is 2. The molecule has 0 fully saturated rings. The molecule has 1 amide bonds. The Balaban J connectivity index is 0.00000208. The fourth-order valence-electron chi connectivity index (χ4n) is 2.75. The van der Waals surface area contributed by atoms with Crippen LogP contribution in [0.25, 0.3) is 22.0 Å². The van der Waals surface area contributed by atoms with Crippen LogP contribution in [0.5, 0.6) is 0 Å². The molecule has 0 aliphatic carbocycles. The third kappa shape index (κ3) is 3.23. The molecule has 0 saturated heterocycles. The summed E-state index contributed by atoms with van der Waals surface area (Å²) >= 11 is 6.19. The van der Waals surface area contributed by atoms with Crippen LogP contribution in [0.4, 0.5) is 0 Å². The molecule has 3 aromatic rings. The molecule has 1 aromatic heterocycles. The number of carbonyl (C=O) groups excluding carboxylic acids is 1. The van der Waals surface area contributed by atoms with Crippen LogP contribution in [-0.4, -0.2) is 29.9 Å². The molecule has 0 radical (unpaired) electrons. The van der Waals surface area contributed by atoms with Gasteiger partial charge in [0.2, 0.25) is 0 Å². The number of aromatic nitrogens is 1. The molecular formula is C19H17Cl2N2O-. The number of fused-ring (bicyclic) bond motifs is 1. The number of pyridine rings is 1. The first-order valence-electron chi connectivity index (χ1n) is 7.36. The largest absolute Gasteiger partial charge is 1.00 e. The van der Waals surface area contributed by atoms with Crippen molar-refractivity contribution in [2.45, 2.75) is 6.92 Å². The smallest absolute Gasteiger partial charge is 0.255 e. The van der Waals surface area contributed by atoms with Crippen LogP contribution in [0.15, 0.2) is 48.5 Å². The lowest BCUT2D eigenvalue weighted by Gasteiger charge is -2.18. The maximum Gasteiger partial charge on any atom is 0.255 e. The molecule has 0 aliphatic heterocycles. The van der Waals surface area contributed by atoms with Crippen molar-refractivity contribution in [3.63, 3.8) is 0 Å². The lowest BCUT2D eigenvalue weighted by molar-refractivity contribution is -0.0000135. The number of rotatable bonds is 2. The van der Waals surface area contributed by atoms with E-state index in [0.29, 0.717) is 10.6 Å². The Morgan fingerprint density at radius 2 is 1.75 bits per heavy atom. The van der Waals surface area contributed by atoms with Gasteiger partial charge in [0, 0.05) is 30.1 Å². The molecule has 0 spiro atoms. The minimum absolute atomic E-state index is 0. The van der Waals surface area contributed by atoms with Crippen LogP contribution in [0.1, 0.15) is 16.1 Å². The molecule has 0 unspecified atom stereocenters. The van der Waals surface area contributed by atoms with Gasteiger partial charge in [0.1, 0.15) is 0 Å². The van der Waals surface area contributed by atoms with E-state index >= 15 is 0 Å². The van der Waals surface area contributed by atoms with E-state index in [-0.39, 0.29) is 18.3 Å². The van der Waals surface area contributed by atoms with Crippen LogP contribution in [0, 0.1) is 6.92 Å². The Hall–Kier alpha value is -2.10. The number of hydrogen-bond acceptors (Lipinski definition) is 2. The minimum atomic E-state index is -0.0595. The third-order valence-corrected chi connectivity index (χ3v) is 4.05. The van der Waals surface area contributed by atoms with E-state index in [4.69, 9.17) is 11.6 Å². The molecule has 1 heterocycles. The number of aryl methyl sites for hydroxylation is 1. The van der Waals surface area contributed by atoms with Crippen LogP contribution < -0.4 is 12.4 Å². The molecule has 0 N–H and O–H groups in total. The molecular weight excluding hydrogens is 343 g/mol. The monoisotopic (exact) mass is 359 g/mol. The van der Waals surface area contributed by atoms with Gasteiger partial charge in [-0.15, -0.1) is 0 Å². The van der Waals surface area contributed by atoms with E-state index in [1.165, 1.54) is 0 Å². The van der Waals surface area contributed by atoms with E-state index in [1.54, 1.807) is 19.0 Å². The molecule has 124 valence electrons. The van der Waals surface area contributed by atoms with Crippen molar-refractivity contribution < 1.29 is 17.2 Å². The fourth-order valence-corrected chi connectivity index (χ4v) is 2.92. The second-order valence-electron chi connectivity index (χ2n) is 5.67. The van der Waals surface area contributed by atoms with Gasteiger partial charge in [-0.1, -0.05) is 41.9 Å². The summed E-state index contributed by atoms with van der Waals surface area (Å²) in [7, 11) is 3.50. The Labute approximate surface area is 152 Å². The minimum Gasteiger partial charge on any atom is -1.00 e. The lowest BCUT2D eigenvalue weighted by atomic mass is 9.93. The van der Waals surface area contributed by atoms with E-state index in [9.17, 15) is 4.79 Å². The van der Waals surface area contributed by atoms with Crippen LogP contribution in [0.3, 0.4) is 0 Å². The van der Waals surface area contributed by atoms with E-state index in [0.717, 1.165) is 27.7 Å². The summed E-state index contributed by atoms with van der Waals surface area (Å²) in [6.07, 6.45) is 0. The van der Waals surface area contributed by atoms with Gasteiger partial charge in [0.15, 0.2) is 0 Å². The molecule has 3 nitrogen and oxygen atoms in total. The van der Waals surface area contributed by atoms with Crippen molar-refractivity contribution in [1.29, 1.82) is 0 Å². The maximum absolute atomic E-state index is 12.7. The van der Waals surface area contributed by atoms with Crippen molar-refractivity contribution in [3.8, 4) is 11.1 Å². The molecule has 3 rings (SSSR count). The van der Waals surface area contributed by atoms with Crippen molar-refractivity contribution in [3.05, 3.63) is 64.8 Å². The van der Waals surface area contributed by atoms with Crippen LogP contribution >= 0.6 is 11.6 Å². The molecule has 24 heavy (non-hydrogen) atoms. The van der Waals surface area contributed by atoms with Gasteiger partial charge in [0.25, 0.3) is 5.91 Å². The van der Waals surface area contributed by atoms with Crippen molar-refractivity contribution >= 4 is 28.4 Å². The van der Waals surface area contributed by atoms with E-state index in [2.05, 4.69) is 4.98 Å². The zero-order valence-corrected chi connectivity index (χ0v) is 15.2. The zero-order valence-electron chi connectivity index (χ0n) is 13.7. The quantitative estimate of drug-likeness (QED) is 0.695. The molecule has 2 aromatic carbocycles. The first kappa shape index (κ1) is 18.2. The Morgan fingerprint density at radius 1 is 1.08 bits per heavy atom. The highest BCUT2D eigenvalue weighted by atomic mass is 35.5. The normalized spacial score (nSPS) is 10.3. The third-order valence-electron chi connectivity index (χ3n) is 3.81. The van der Waals surface area contributed by atoms with Gasteiger partial charge in [-0.25, -0.2) is 0 Å². The Bertz CT molecular complexity index is 893. The van der Waals surface area contributed by atoms with E-state index in [1.807, 2.05) is 55.5 Å². The second-order valence-corrected chi connectivity index (χ2v) is 6.11. The van der Waals surface area contributed by atoms with Gasteiger partial charge < -0.3 is 17.3 Å². The predicted octanol–water partition coefficient (Wildman–Crippen LogP) is 1.57. The van der Waals surface area contributed by atoms with Gasteiger partial charge in [-0.2, -0.15) is 0 Å². The van der Waals surface area contributed by atoms with Gasteiger partial charge in [-0.05, 0) is 30.7 Å². The highest BCUT2D eigenvalue weighted by Crippen LogP contribution is 2.34. The van der Waals surface area contributed by atoms with E-state index < -0.39 is 0 Å². The number of nitrogens with zero attached hydrogens (tertiary/aromatic N) is 2. The SMILES string of the molecule is Cc1nc2ccc(Cl)cc2c(-c2ccccc2)c1C(=O)N(C)C.[Cl-]. The van der Waals surface area contributed by atoms with Crippen molar-refractivity contribution in [1.82, 2.24) is 9.88 Å². The maximum atomic E-state index is 12.7. The highest BCUT2D eigenvalue weighted by molar-refractivity contribution is 6.31. The summed E-state index contributed by atoms with van der Waals surface area (Å²) in [6, 6.07) is 15.5. The number of carbonyl (C=O) groups is 1. The van der Waals surface area contributed by atoms with Gasteiger partial charge >= 0.3 is 0 Å². The van der Waals surface area contributed by atoms with Crippen LogP contribution in [0.2, 0.25) is 5.02 Å². The zero-order chi connectivity index (χ0) is 16.6. The first-order chi connectivity index (χ1) is 11.0. The second kappa shape index (κ2) is 7.20. The van der Waals surface area contributed by atoms with Gasteiger partial charge in [-0.3, -0.25) is 9.78 Å². The molecule has 0 atom stereocenters. The Kier molecular flexibility index (Phi) is 5.47. The topological polar surface area (TPSA) is 33.2 Å². The molecule has 0 aliphatic rings. The molecule has 0 bridgehead atoms. The standard InChI is InChI=1S/C19H17ClN2O.ClH/c1-12-17(19(23)22(2)3)18(13-7-5-4-6-8-13)15-11-14(20)9-10-16(15)21-12;/h4-11H,1-3H3;1H/p-1. The summed E-state index contributed by atoms with van der Waals surface area (Å²) in [5.41, 5.74) is 4.04. The van der Waals surface area contributed by atoms with Crippen LogP contribution in [-0.2, 0) is 0 Å². The average molecular weight is 360 g/mol. The molecule has 0 saturated carbocycles. The number of benzene rings is 2.